The molecule has 0 amide bonds. The summed E-state index contributed by atoms with van der Waals surface area (Å²) in [5, 5.41) is 9.73. The summed E-state index contributed by atoms with van der Waals surface area (Å²) in [6.45, 7) is -0.0604. The van der Waals surface area contributed by atoms with Crippen molar-refractivity contribution in [2.45, 2.75) is 18.9 Å². The number of hydrogen-bond acceptors (Lipinski definition) is 3. The molecule has 0 saturated heterocycles. The number of aromatic nitrogens is 3. The number of nitrogens with one attached hydrogen (secondary N) is 1. The highest BCUT2D eigenvalue weighted by Crippen LogP contribution is 2.37. The summed E-state index contributed by atoms with van der Waals surface area (Å²) >= 11 is 0. The van der Waals surface area contributed by atoms with Gasteiger partial charge in [0.25, 0.3) is 0 Å². The third-order valence-electron chi connectivity index (χ3n) is 2.84. The average molecular weight is 324 g/mol. The Bertz CT molecular complexity index is 626. The maximum atomic E-state index is 12.7. The minimum Gasteiger partial charge on any atom is -0.378 e. The molecule has 22 heavy (non-hydrogen) atoms. The minimum atomic E-state index is -4.87. The van der Waals surface area contributed by atoms with Crippen molar-refractivity contribution >= 4 is 5.69 Å². The van der Waals surface area contributed by atoms with Crippen molar-refractivity contribution in [3.63, 3.8) is 0 Å². The molecule has 0 unspecified atom stereocenters. The van der Waals surface area contributed by atoms with Crippen LogP contribution in [0.2, 0.25) is 0 Å². The van der Waals surface area contributed by atoms with Gasteiger partial charge in [-0.25, -0.2) is 0 Å². The van der Waals surface area contributed by atoms with E-state index in [0.717, 1.165) is 0 Å². The fraction of sp³-hybridized carbons (Fsp3) is 0.333. The normalized spacial score (nSPS) is 12.5. The zero-order valence-electron chi connectivity index (χ0n) is 11.1. The van der Waals surface area contributed by atoms with Crippen LogP contribution in [0.1, 0.15) is 17.0 Å². The summed E-state index contributed by atoms with van der Waals surface area (Å²) in [5.41, 5.74) is -3.05. The van der Waals surface area contributed by atoms with E-state index in [2.05, 4.69) is 15.5 Å². The zero-order valence-corrected chi connectivity index (χ0v) is 11.1. The lowest BCUT2D eigenvalue weighted by atomic mass is 10.1. The Morgan fingerprint density at radius 1 is 1.00 bits per heavy atom. The summed E-state index contributed by atoms with van der Waals surface area (Å²) in [4.78, 5) is 0. The van der Waals surface area contributed by atoms with Crippen LogP contribution in [0.15, 0.2) is 24.5 Å². The number of halogens is 6. The first-order valence-electron chi connectivity index (χ1n) is 5.93. The number of anilines is 1. The summed E-state index contributed by atoms with van der Waals surface area (Å²) in [5.74, 6) is 0.367. The molecule has 10 heteroatoms. The molecule has 4 nitrogen and oxygen atoms in total. The number of rotatable bonds is 3. The lowest BCUT2D eigenvalue weighted by molar-refractivity contribution is -0.143. The van der Waals surface area contributed by atoms with E-state index < -0.39 is 23.5 Å². The van der Waals surface area contributed by atoms with Gasteiger partial charge in [-0.1, -0.05) is 0 Å². The van der Waals surface area contributed by atoms with Gasteiger partial charge in [0.2, 0.25) is 0 Å². The molecule has 0 bridgehead atoms. The fourth-order valence-corrected chi connectivity index (χ4v) is 1.71. The van der Waals surface area contributed by atoms with Gasteiger partial charge in [0.1, 0.15) is 6.33 Å². The lowest BCUT2D eigenvalue weighted by Gasteiger charge is -2.15. The van der Waals surface area contributed by atoms with Gasteiger partial charge in [-0.15, -0.1) is 10.2 Å². The van der Waals surface area contributed by atoms with Crippen LogP contribution in [0.25, 0.3) is 0 Å². The van der Waals surface area contributed by atoms with E-state index in [0.29, 0.717) is 18.0 Å². The second-order valence-corrected chi connectivity index (χ2v) is 4.51. The second-order valence-electron chi connectivity index (χ2n) is 4.51. The van der Waals surface area contributed by atoms with Crippen LogP contribution >= 0.6 is 0 Å². The van der Waals surface area contributed by atoms with Crippen LogP contribution in [-0.2, 0) is 25.9 Å². The maximum Gasteiger partial charge on any atom is 0.416 e. The van der Waals surface area contributed by atoms with Crippen LogP contribution < -0.4 is 5.32 Å². The van der Waals surface area contributed by atoms with Gasteiger partial charge in [0.15, 0.2) is 5.82 Å². The average Bonchev–Trinajstić information content (AvgIpc) is 2.79. The van der Waals surface area contributed by atoms with Crippen LogP contribution in [0.5, 0.6) is 0 Å². The van der Waals surface area contributed by atoms with Crippen LogP contribution in [-0.4, -0.2) is 14.8 Å². The van der Waals surface area contributed by atoms with Crippen molar-refractivity contribution in [2.75, 3.05) is 5.32 Å². The molecule has 2 rings (SSSR count). The monoisotopic (exact) mass is 324 g/mol. The molecule has 2 aromatic rings. The predicted molar refractivity (Wildman–Crippen MR) is 64.8 cm³/mol. The number of aryl methyl sites for hydroxylation is 1. The van der Waals surface area contributed by atoms with Gasteiger partial charge < -0.3 is 9.88 Å². The molecule has 0 spiro atoms. The Morgan fingerprint density at radius 2 is 1.55 bits per heavy atom. The van der Waals surface area contributed by atoms with Crippen molar-refractivity contribution in [3.8, 4) is 0 Å². The van der Waals surface area contributed by atoms with Crippen molar-refractivity contribution in [2.24, 2.45) is 7.05 Å². The summed E-state index contributed by atoms with van der Waals surface area (Å²) in [6, 6.07) is 1.31. The van der Waals surface area contributed by atoms with E-state index in [4.69, 9.17) is 0 Å². The van der Waals surface area contributed by atoms with Crippen molar-refractivity contribution in [3.05, 3.63) is 41.5 Å². The molecule has 0 saturated carbocycles. The highest BCUT2D eigenvalue weighted by atomic mass is 19.4. The van der Waals surface area contributed by atoms with E-state index in [9.17, 15) is 26.3 Å². The molecule has 120 valence electrons. The summed E-state index contributed by atoms with van der Waals surface area (Å²) in [6.07, 6.45) is -8.38. The molecule has 0 aliphatic heterocycles. The molecule has 0 radical (unpaired) electrons. The number of alkyl halides is 6. The van der Waals surface area contributed by atoms with E-state index >= 15 is 0 Å². The van der Waals surface area contributed by atoms with Crippen LogP contribution in [0, 0.1) is 0 Å². The SMILES string of the molecule is Cn1cnnc1CNc1cc(C(F)(F)F)cc(C(F)(F)F)c1. The van der Waals surface area contributed by atoms with Gasteiger partial charge in [-0.2, -0.15) is 26.3 Å². The van der Waals surface area contributed by atoms with Crippen LogP contribution in [0.4, 0.5) is 32.0 Å². The van der Waals surface area contributed by atoms with Gasteiger partial charge in [-0.3, -0.25) is 0 Å². The summed E-state index contributed by atoms with van der Waals surface area (Å²) in [7, 11) is 1.60. The first-order chi connectivity index (χ1) is 10.1. The number of nitrogens with zero attached hydrogens (tertiary/aromatic N) is 3. The first kappa shape index (κ1) is 16.1. The molecule has 1 N–H and O–H groups in total. The van der Waals surface area contributed by atoms with E-state index in [1.54, 1.807) is 7.05 Å². The minimum absolute atomic E-state index is 0.0604. The van der Waals surface area contributed by atoms with Crippen molar-refractivity contribution < 1.29 is 26.3 Å². The molecular formula is C12H10F6N4. The summed E-state index contributed by atoms with van der Waals surface area (Å²) < 4.78 is 77.6. The fourth-order valence-electron chi connectivity index (χ4n) is 1.71. The molecule has 1 aromatic heterocycles. The smallest absolute Gasteiger partial charge is 0.378 e. The highest BCUT2D eigenvalue weighted by Gasteiger charge is 2.36. The predicted octanol–water partition coefficient (Wildman–Crippen LogP) is 3.46. The standard InChI is InChI=1S/C12H10F6N4/c1-22-6-20-21-10(22)5-19-9-3-7(11(13,14)15)2-8(4-9)12(16,17)18/h2-4,6,19H,5H2,1H3. The molecule has 0 fully saturated rings. The first-order valence-corrected chi connectivity index (χ1v) is 5.93. The number of hydrogen-bond donors (Lipinski definition) is 1. The van der Waals surface area contributed by atoms with E-state index in [1.165, 1.54) is 10.9 Å². The molecule has 0 atom stereocenters. The molecular weight excluding hydrogens is 314 g/mol. The van der Waals surface area contributed by atoms with E-state index in [1.807, 2.05) is 0 Å². The molecule has 1 heterocycles. The number of benzene rings is 1. The lowest BCUT2D eigenvalue weighted by Crippen LogP contribution is -2.13. The maximum absolute atomic E-state index is 12.7. The Balaban J connectivity index is 2.32. The van der Waals surface area contributed by atoms with Crippen LogP contribution in [0.3, 0.4) is 0 Å². The second kappa shape index (κ2) is 5.50. The Hall–Kier alpha value is -2.26. The third kappa shape index (κ3) is 3.68. The third-order valence-corrected chi connectivity index (χ3v) is 2.84. The Morgan fingerprint density at radius 3 is 1.95 bits per heavy atom. The Labute approximate surface area is 120 Å². The van der Waals surface area contributed by atoms with Gasteiger partial charge >= 0.3 is 12.4 Å². The zero-order chi connectivity index (χ0) is 16.5. The van der Waals surface area contributed by atoms with Gasteiger partial charge in [0, 0.05) is 12.7 Å². The largest absolute Gasteiger partial charge is 0.416 e. The molecule has 0 aliphatic rings. The van der Waals surface area contributed by atoms with Crippen molar-refractivity contribution in [1.82, 2.24) is 14.8 Å². The topological polar surface area (TPSA) is 42.7 Å². The quantitative estimate of drug-likeness (QED) is 0.879. The van der Waals surface area contributed by atoms with E-state index in [-0.39, 0.29) is 18.3 Å². The molecule has 0 aliphatic carbocycles. The highest BCUT2D eigenvalue weighted by molar-refractivity contribution is 5.50. The van der Waals surface area contributed by atoms with Crippen molar-refractivity contribution in [1.29, 1.82) is 0 Å². The van der Waals surface area contributed by atoms with Gasteiger partial charge in [-0.05, 0) is 18.2 Å². The van der Waals surface area contributed by atoms with Gasteiger partial charge in [0.05, 0.1) is 17.7 Å². The molecule has 1 aromatic carbocycles. The Kier molecular flexibility index (Phi) is 4.03.